The van der Waals surface area contributed by atoms with E-state index < -0.39 is 5.54 Å². The Hall–Kier alpha value is -0.220. The van der Waals surface area contributed by atoms with Crippen LogP contribution in [0.25, 0.3) is 0 Å². The first-order valence-electron chi connectivity index (χ1n) is 4.10. The quantitative estimate of drug-likeness (QED) is 0.624. The van der Waals surface area contributed by atoms with Crippen molar-refractivity contribution in [2.24, 2.45) is 5.73 Å². The lowest BCUT2D eigenvalue weighted by molar-refractivity contribution is -0.125. The van der Waals surface area contributed by atoms with Crippen LogP contribution in [0.2, 0.25) is 0 Å². The third kappa shape index (κ3) is 3.97. The molecule has 0 aromatic carbocycles. The molecular formula is C8H18N2OS. The fourth-order valence-corrected chi connectivity index (χ4v) is 0.935. The molecule has 1 atom stereocenters. The highest BCUT2D eigenvalue weighted by molar-refractivity contribution is 7.98. The van der Waals surface area contributed by atoms with Crippen molar-refractivity contribution in [3.8, 4) is 0 Å². The second kappa shape index (κ2) is 5.43. The smallest absolute Gasteiger partial charge is 0.239 e. The molecule has 0 saturated heterocycles. The Kier molecular flexibility index (Phi) is 5.33. The van der Waals surface area contributed by atoms with Gasteiger partial charge in [0.15, 0.2) is 0 Å². The third-order valence-electron chi connectivity index (χ3n) is 1.84. The molecule has 0 aliphatic carbocycles. The summed E-state index contributed by atoms with van der Waals surface area (Å²) >= 11 is 1.71. The summed E-state index contributed by atoms with van der Waals surface area (Å²) in [5.74, 6) is 0.880. The normalized spacial score (nSPS) is 15.3. The summed E-state index contributed by atoms with van der Waals surface area (Å²) < 4.78 is 0. The Morgan fingerprint density at radius 3 is 2.67 bits per heavy atom. The number of rotatable bonds is 5. The molecular weight excluding hydrogens is 172 g/mol. The molecule has 3 nitrogen and oxygen atoms in total. The van der Waals surface area contributed by atoms with Gasteiger partial charge in [0.25, 0.3) is 0 Å². The Bertz CT molecular complexity index is 148. The minimum Gasteiger partial charge on any atom is -0.354 e. The summed E-state index contributed by atoms with van der Waals surface area (Å²) in [6.45, 7) is 4.36. The van der Waals surface area contributed by atoms with Crippen LogP contribution in [0.5, 0.6) is 0 Å². The van der Waals surface area contributed by atoms with Gasteiger partial charge in [0.1, 0.15) is 0 Å². The van der Waals surface area contributed by atoms with Crippen molar-refractivity contribution in [2.45, 2.75) is 25.8 Å². The molecule has 1 amide bonds. The molecule has 0 fully saturated rings. The Morgan fingerprint density at radius 2 is 2.25 bits per heavy atom. The lowest BCUT2D eigenvalue weighted by Crippen LogP contribution is -2.51. The third-order valence-corrected chi connectivity index (χ3v) is 2.46. The van der Waals surface area contributed by atoms with E-state index in [2.05, 4.69) is 5.32 Å². The molecule has 0 spiro atoms. The van der Waals surface area contributed by atoms with E-state index >= 15 is 0 Å². The zero-order valence-electron chi connectivity index (χ0n) is 8.02. The van der Waals surface area contributed by atoms with E-state index in [1.54, 1.807) is 18.7 Å². The largest absolute Gasteiger partial charge is 0.354 e. The molecule has 0 bridgehead atoms. The van der Waals surface area contributed by atoms with Gasteiger partial charge in [-0.2, -0.15) is 11.8 Å². The van der Waals surface area contributed by atoms with E-state index in [0.29, 0.717) is 13.0 Å². The minimum atomic E-state index is -0.710. The molecule has 4 heteroatoms. The van der Waals surface area contributed by atoms with Gasteiger partial charge >= 0.3 is 0 Å². The van der Waals surface area contributed by atoms with Gasteiger partial charge in [0, 0.05) is 12.3 Å². The van der Waals surface area contributed by atoms with Gasteiger partial charge in [-0.3, -0.25) is 4.79 Å². The number of nitrogens with two attached hydrogens (primary N) is 1. The van der Waals surface area contributed by atoms with Crippen molar-refractivity contribution in [1.29, 1.82) is 0 Å². The first-order chi connectivity index (χ1) is 5.54. The SMILES string of the molecule is CCC(C)(N)C(=O)NCCSC. The van der Waals surface area contributed by atoms with E-state index in [0.717, 1.165) is 5.75 Å². The minimum absolute atomic E-state index is 0.0564. The van der Waals surface area contributed by atoms with Crippen LogP contribution in [0.1, 0.15) is 20.3 Å². The van der Waals surface area contributed by atoms with Crippen LogP contribution in [0.3, 0.4) is 0 Å². The Labute approximate surface area is 78.5 Å². The van der Waals surface area contributed by atoms with Gasteiger partial charge in [0.05, 0.1) is 5.54 Å². The monoisotopic (exact) mass is 190 g/mol. The zero-order chi connectivity index (χ0) is 9.61. The molecule has 3 N–H and O–H groups in total. The molecule has 0 aliphatic rings. The van der Waals surface area contributed by atoms with Crippen molar-refractivity contribution in [3.63, 3.8) is 0 Å². The predicted molar refractivity (Wildman–Crippen MR) is 54.3 cm³/mol. The molecule has 0 rings (SSSR count). The highest BCUT2D eigenvalue weighted by Gasteiger charge is 2.24. The van der Waals surface area contributed by atoms with E-state index in [1.807, 2.05) is 13.2 Å². The summed E-state index contributed by atoms with van der Waals surface area (Å²) in [7, 11) is 0. The van der Waals surface area contributed by atoms with Crippen LogP contribution in [0.4, 0.5) is 0 Å². The predicted octanol–water partition coefficient (Wildman–Crippen LogP) is 0.593. The van der Waals surface area contributed by atoms with Crippen molar-refractivity contribution in [3.05, 3.63) is 0 Å². The summed E-state index contributed by atoms with van der Waals surface area (Å²) in [4.78, 5) is 11.3. The molecule has 0 aliphatic heterocycles. The van der Waals surface area contributed by atoms with Crippen LogP contribution in [-0.2, 0) is 4.79 Å². The summed E-state index contributed by atoms with van der Waals surface area (Å²) in [5, 5.41) is 2.79. The van der Waals surface area contributed by atoms with E-state index in [1.165, 1.54) is 0 Å². The van der Waals surface area contributed by atoms with Gasteiger partial charge in [-0.25, -0.2) is 0 Å². The average molecular weight is 190 g/mol. The van der Waals surface area contributed by atoms with E-state index in [9.17, 15) is 4.79 Å². The lowest BCUT2D eigenvalue weighted by atomic mass is 10.00. The summed E-state index contributed by atoms with van der Waals surface area (Å²) in [6, 6.07) is 0. The van der Waals surface area contributed by atoms with Crippen molar-refractivity contribution in [2.75, 3.05) is 18.6 Å². The Morgan fingerprint density at radius 1 is 1.67 bits per heavy atom. The summed E-state index contributed by atoms with van der Waals surface area (Å²) in [6.07, 6.45) is 2.67. The van der Waals surface area contributed by atoms with Gasteiger partial charge in [-0.05, 0) is 19.6 Å². The fraction of sp³-hybridized carbons (Fsp3) is 0.875. The number of hydrogen-bond acceptors (Lipinski definition) is 3. The van der Waals surface area contributed by atoms with Gasteiger partial charge in [0.2, 0.25) is 5.91 Å². The second-order valence-corrected chi connectivity index (χ2v) is 4.01. The van der Waals surface area contributed by atoms with E-state index in [4.69, 9.17) is 5.73 Å². The molecule has 1 unspecified atom stereocenters. The number of hydrogen-bond donors (Lipinski definition) is 2. The van der Waals surface area contributed by atoms with E-state index in [-0.39, 0.29) is 5.91 Å². The van der Waals surface area contributed by atoms with Crippen molar-refractivity contribution >= 4 is 17.7 Å². The molecule has 0 aromatic rings. The second-order valence-electron chi connectivity index (χ2n) is 3.02. The Balaban J connectivity index is 3.72. The van der Waals surface area contributed by atoms with Crippen molar-refractivity contribution in [1.82, 2.24) is 5.32 Å². The number of amides is 1. The standard InChI is InChI=1S/C8H18N2OS/c1-4-8(2,9)7(11)10-5-6-12-3/h4-6,9H2,1-3H3,(H,10,11). The van der Waals surface area contributed by atoms with Crippen LogP contribution in [0.15, 0.2) is 0 Å². The van der Waals surface area contributed by atoms with Crippen LogP contribution in [-0.4, -0.2) is 30.0 Å². The fourth-order valence-electron chi connectivity index (χ4n) is 0.629. The maximum atomic E-state index is 11.3. The molecule has 12 heavy (non-hydrogen) atoms. The zero-order valence-corrected chi connectivity index (χ0v) is 8.83. The van der Waals surface area contributed by atoms with Gasteiger partial charge in [-0.1, -0.05) is 6.92 Å². The molecule has 0 aromatic heterocycles. The lowest BCUT2D eigenvalue weighted by Gasteiger charge is -2.21. The number of nitrogens with one attached hydrogen (secondary N) is 1. The molecule has 72 valence electrons. The highest BCUT2D eigenvalue weighted by atomic mass is 32.2. The highest BCUT2D eigenvalue weighted by Crippen LogP contribution is 2.03. The van der Waals surface area contributed by atoms with Crippen molar-refractivity contribution < 1.29 is 4.79 Å². The van der Waals surface area contributed by atoms with Gasteiger partial charge in [-0.15, -0.1) is 0 Å². The first-order valence-corrected chi connectivity index (χ1v) is 5.50. The van der Waals surface area contributed by atoms with Crippen LogP contribution >= 0.6 is 11.8 Å². The number of carbonyl (C=O) groups is 1. The first kappa shape index (κ1) is 11.8. The topological polar surface area (TPSA) is 55.1 Å². The number of carbonyl (C=O) groups excluding carboxylic acids is 1. The molecule has 0 heterocycles. The maximum absolute atomic E-state index is 11.3. The average Bonchev–Trinajstić information content (AvgIpc) is 2.05. The van der Waals surface area contributed by atoms with Crippen LogP contribution in [0, 0.1) is 0 Å². The number of thioether (sulfide) groups is 1. The summed E-state index contributed by atoms with van der Waals surface area (Å²) in [5.41, 5.74) is 5.01. The van der Waals surface area contributed by atoms with Gasteiger partial charge < -0.3 is 11.1 Å². The maximum Gasteiger partial charge on any atom is 0.239 e. The molecule has 0 saturated carbocycles. The molecule has 0 radical (unpaired) electrons. The van der Waals surface area contributed by atoms with Crippen LogP contribution < -0.4 is 11.1 Å².